The predicted molar refractivity (Wildman–Crippen MR) is 65.7 cm³/mol. The van der Waals surface area contributed by atoms with Gasteiger partial charge in [-0.05, 0) is 44.4 Å². The number of alkyl halides is 1. The second kappa shape index (κ2) is 3.97. The van der Waals surface area contributed by atoms with E-state index < -0.39 is 17.1 Å². The van der Waals surface area contributed by atoms with Gasteiger partial charge < -0.3 is 9.84 Å². The third-order valence-corrected chi connectivity index (χ3v) is 3.56. The molecule has 1 aliphatic rings. The zero-order valence-corrected chi connectivity index (χ0v) is 10.8. The average Bonchev–Trinajstić information content (AvgIpc) is 3.08. The van der Waals surface area contributed by atoms with Crippen LogP contribution in [-0.2, 0) is 15.9 Å². The molecule has 2 rings (SSSR count). The topological polar surface area (TPSA) is 46.5 Å². The maximum absolute atomic E-state index is 14.0. The third-order valence-electron chi connectivity index (χ3n) is 3.56. The molecule has 1 fully saturated rings. The zero-order chi connectivity index (χ0) is 13.6. The van der Waals surface area contributed by atoms with E-state index in [0.29, 0.717) is 29.7 Å². The fourth-order valence-electron chi connectivity index (χ4n) is 2.18. The molecular formula is C14H17FO3. The highest BCUT2D eigenvalue weighted by atomic mass is 19.1. The molecule has 1 saturated carbocycles. The molecule has 0 amide bonds. The molecule has 1 N–H and O–H groups in total. The summed E-state index contributed by atoms with van der Waals surface area (Å²) in [5, 5.41) is 9.32. The van der Waals surface area contributed by atoms with Gasteiger partial charge in [0.25, 0.3) is 0 Å². The van der Waals surface area contributed by atoms with Gasteiger partial charge in [-0.2, -0.15) is 0 Å². The van der Waals surface area contributed by atoms with Crippen molar-refractivity contribution in [2.45, 2.75) is 37.8 Å². The van der Waals surface area contributed by atoms with Crippen LogP contribution in [0.3, 0.4) is 0 Å². The molecule has 0 bridgehead atoms. The van der Waals surface area contributed by atoms with Crippen LogP contribution in [0.1, 0.15) is 37.8 Å². The molecule has 18 heavy (non-hydrogen) atoms. The summed E-state index contributed by atoms with van der Waals surface area (Å²) >= 11 is 0. The number of hydrogen-bond acceptors (Lipinski definition) is 2. The lowest BCUT2D eigenvalue weighted by molar-refractivity contribution is -0.140. The van der Waals surface area contributed by atoms with Gasteiger partial charge in [0.1, 0.15) is 11.4 Å². The van der Waals surface area contributed by atoms with Crippen molar-refractivity contribution in [3.63, 3.8) is 0 Å². The first-order chi connectivity index (χ1) is 8.31. The maximum atomic E-state index is 14.0. The first kappa shape index (κ1) is 12.9. The number of benzene rings is 1. The summed E-state index contributed by atoms with van der Waals surface area (Å²) in [7, 11) is 1.50. The molecule has 98 valence electrons. The van der Waals surface area contributed by atoms with Gasteiger partial charge in [-0.25, -0.2) is 4.39 Å². The Balaban J connectivity index is 2.54. The van der Waals surface area contributed by atoms with Crippen LogP contribution in [0.2, 0.25) is 0 Å². The summed E-state index contributed by atoms with van der Waals surface area (Å²) < 4.78 is 19.2. The quantitative estimate of drug-likeness (QED) is 0.896. The lowest BCUT2D eigenvalue weighted by atomic mass is 9.89. The molecule has 0 heterocycles. The van der Waals surface area contributed by atoms with Gasteiger partial charge in [0, 0.05) is 5.56 Å². The molecule has 0 spiro atoms. The highest BCUT2D eigenvalue weighted by Crippen LogP contribution is 2.52. The van der Waals surface area contributed by atoms with Gasteiger partial charge in [0.15, 0.2) is 0 Å². The Morgan fingerprint density at radius 2 is 2.06 bits per heavy atom. The molecule has 0 saturated heterocycles. The Kier molecular flexibility index (Phi) is 2.84. The summed E-state index contributed by atoms with van der Waals surface area (Å²) in [6, 6.07) is 4.91. The van der Waals surface area contributed by atoms with E-state index in [4.69, 9.17) is 4.74 Å². The highest BCUT2D eigenvalue weighted by molar-refractivity contribution is 5.86. The number of rotatable bonds is 4. The van der Waals surface area contributed by atoms with Crippen LogP contribution < -0.4 is 4.74 Å². The fraction of sp³-hybridized carbons (Fsp3) is 0.500. The van der Waals surface area contributed by atoms with Crippen LogP contribution >= 0.6 is 0 Å². The summed E-state index contributed by atoms with van der Waals surface area (Å²) in [4.78, 5) is 11.4. The smallest absolute Gasteiger partial charge is 0.314 e. The second-order valence-corrected chi connectivity index (χ2v) is 5.27. The Morgan fingerprint density at radius 3 is 2.44 bits per heavy atom. The lowest BCUT2D eigenvalue weighted by Gasteiger charge is -2.20. The van der Waals surface area contributed by atoms with E-state index in [1.807, 2.05) is 0 Å². The van der Waals surface area contributed by atoms with Gasteiger partial charge in [-0.1, -0.05) is 6.07 Å². The first-order valence-corrected chi connectivity index (χ1v) is 5.92. The summed E-state index contributed by atoms with van der Waals surface area (Å²) in [6.45, 7) is 2.91. The SMILES string of the molecule is COc1ccc(C(C)(C)F)cc1C1(C(=O)O)CC1. The van der Waals surface area contributed by atoms with Crippen molar-refractivity contribution in [3.05, 3.63) is 29.3 Å². The highest BCUT2D eigenvalue weighted by Gasteiger charge is 2.53. The molecule has 4 heteroatoms. The number of carboxylic acids is 1. The maximum Gasteiger partial charge on any atom is 0.314 e. The van der Waals surface area contributed by atoms with Crippen LogP contribution in [-0.4, -0.2) is 18.2 Å². The first-order valence-electron chi connectivity index (χ1n) is 5.92. The molecule has 0 aromatic heterocycles. The van der Waals surface area contributed by atoms with Crippen molar-refractivity contribution in [1.82, 2.24) is 0 Å². The fourth-order valence-corrected chi connectivity index (χ4v) is 2.18. The van der Waals surface area contributed by atoms with Crippen molar-refractivity contribution in [2.24, 2.45) is 0 Å². The van der Waals surface area contributed by atoms with E-state index >= 15 is 0 Å². The Morgan fingerprint density at radius 1 is 1.44 bits per heavy atom. The Hall–Kier alpha value is -1.58. The molecule has 0 radical (unpaired) electrons. The van der Waals surface area contributed by atoms with E-state index in [2.05, 4.69) is 0 Å². The number of hydrogen-bond donors (Lipinski definition) is 1. The molecular weight excluding hydrogens is 235 g/mol. The summed E-state index contributed by atoms with van der Waals surface area (Å²) in [6.07, 6.45) is 1.16. The minimum atomic E-state index is -1.49. The van der Waals surface area contributed by atoms with Gasteiger partial charge in [0.05, 0.1) is 12.5 Å². The van der Waals surface area contributed by atoms with E-state index in [0.717, 1.165) is 0 Å². The summed E-state index contributed by atoms with van der Waals surface area (Å²) in [5.41, 5.74) is -1.31. The minimum absolute atomic E-state index is 0.478. The van der Waals surface area contributed by atoms with Gasteiger partial charge in [-0.3, -0.25) is 4.79 Å². The van der Waals surface area contributed by atoms with Crippen LogP contribution in [0.25, 0.3) is 0 Å². The standard InChI is InChI=1S/C14H17FO3/c1-13(2,15)9-4-5-11(18-3)10(8-9)14(6-7-14)12(16)17/h4-5,8H,6-7H2,1-3H3,(H,16,17). The Bertz CT molecular complexity index is 484. The van der Waals surface area contributed by atoms with E-state index in [1.165, 1.54) is 21.0 Å². The van der Waals surface area contributed by atoms with Crippen molar-refractivity contribution < 1.29 is 19.0 Å². The number of carbonyl (C=O) groups is 1. The van der Waals surface area contributed by atoms with Crippen molar-refractivity contribution >= 4 is 5.97 Å². The van der Waals surface area contributed by atoms with Crippen LogP contribution in [0.15, 0.2) is 18.2 Å². The molecule has 0 aliphatic heterocycles. The monoisotopic (exact) mass is 252 g/mol. The predicted octanol–water partition coefficient (Wildman–Crippen LogP) is 3.02. The zero-order valence-electron chi connectivity index (χ0n) is 10.8. The van der Waals surface area contributed by atoms with Crippen molar-refractivity contribution in [2.75, 3.05) is 7.11 Å². The molecule has 1 aromatic carbocycles. The Labute approximate surface area is 106 Å². The number of halogens is 1. The number of methoxy groups -OCH3 is 1. The molecule has 1 aromatic rings. The number of ether oxygens (including phenoxy) is 1. The van der Waals surface area contributed by atoms with Crippen LogP contribution in [0.4, 0.5) is 4.39 Å². The van der Waals surface area contributed by atoms with Crippen molar-refractivity contribution in [3.8, 4) is 5.75 Å². The molecule has 1 aliphatic carbocycles. The van der Waals surface area contributed by atoms with Gasteiger partial charge in [0.2, 0.25) is 0 Å². The third kappa shape index (κ3) is 1.96. The molecule has 0 unspecified atom stereocenters. The minimum Gasteiger partial charge on any atom is -0.496 e. The average molecular weight is 252 g/mol. The van der Waals surface area contributed by atoms with E-state index in [9.17, 15) is 14.3 Å². The van der Waals surface area contributed by atoms with Crippen LogP contribution in [0.5, 0.6) is 5.75 Å². The second-order valence-electron chi connectivity index (χ2n) is 5.27. The largest absolute Gasteiger partial charge is 0.496 e. The normalized spacial score (nSPS) is 17.3. The van der Waals surface area contributed by atoms with E-state index in [1.54, 1.807) is 18.2 Å². The van der Waals surface area contributed by atoms with Gasteiger partial charge >= 0.3 is 5.97 Å². The summed E-state index contributed by atoms with van der Waals surface area (Å²) in [5.74, 6) is -0.350. The van der Waals surface area contributed by atoms with E-state index in [-0.39, 0.29) is 0 Å². The lowest BCUT2D eigenvalue weighted by Crippen LogP contribution is -2.21. The van der Waals surface area contributed by atoms with Gasteiger partial charge in [-0.15, -0.1) is 0 Å². The van der Waals surface area contributed by atoms with Crippen LogP contribution in [0, 0.1) is 0 Å². The molecule has 0 atom stereocenters. The van der Waals surface area contributed by atoms with Crippen molar-refractivity contribution in [1.29, 1.82) is 0 Å². The number of aliphatic carboxylic acids is 1. The molecule has 3 nitrogen and oxygen atoms in total. The number of carboxylic acid groups (broad SMARTS) is 1.